The molecule has 34 heavy (non-hydrogen) atoms. The fourth-order valence-electron chi connectivity index (χ4n) is 5.43. The monoisotopic (exact) mass is 482 g/mol. The highest BCUT2D eigenvalue weighted by Gasteiger charge is 2.29. The fourth-order valence-corrected chi connectivity index (χ4v) is 6.69. The molecule has 6 nitrogen and oxygen atoms in total. The van der Waals surface area contributed by atoms with Crippen LogP contribution in [0.3, 0.4) is 0 Å². The number of aliphatic hydroxyl groups excluding tert-OH is 2. The Kier molecular flexibility index (Phi) is 7.92. The Balaban J connectivity index is 1.51. The van der Waals surface area contributed by atoms with Crippen molar-refractivity contribution in [3.05, 3.63) is 46.9 Å². The van der Waals surface area contributed by atoms with Crippen LogP contribution in [0.2, 0.25) is 0 Å². The molecule has 0 amide bonds. The Bertz CT molecular complexity index is 1180. The molecule has 2 fully saturated rings. The number of anilines is 1. The predicted molar refractivity (Wildman–Crippen MR) is 136 cm³/mol. The molecular weight excluding hydrogens is 448 g/mol. The molecule has 0 aromatic heterocycles. The zero-order valence-corrected chi connectivity index (χ0v) is 20.4. The Morgan fingerprint density at radius 1 is 1.09 bits per heavy atom. The van der Waals surface area contributed by atoms with Gasteiger partial charge in [0.05, 0.1) is 18.5 Å². The van der Waals surface area contributed by atoms with E-state index in [0.717, 1.165) is 35.7 Å². The molecule has 182 valence electrons. The van der Waals surface area contributed by atoms with Crippen molar-refractivity contribution in [2.75, 3.05) is 30.3 Å². The van der Waals surface area contributed by atoms with Crippen LogP contribution in [-0.2, 0) is 9.84 Å². The summed E-state index contributed by atoms with van der Waals surface area (Å²) in [6, 6.07) is 13.9. The Morgan fingerprint density at radius 2 is 1.79 bits per heavy atom. The minimum absolute atomic E-state index is 0.115. The minimum Gasteiger partial charge on any atom is -0.394 e. The number of sulfone groups is 1. The Labute approximate surface area is 202 Å². The van der Waals surface area contributed by atoms with Crippen LogP contribution in [-0.4, -0.2) is 50.2 Å². The van der Waals surface area contributed by atoms with Crippen LogP contribution in [0.15, 0.2) is 41.3 Å². The molecule has 2 aromatic carbocycles. The lowest BCUT2D eigenvalue weighted by atomic mass is 9.84. The molecule has 2 unspecified atom stereocenters. The number of nitrogens with zero attached hydrogens (tertiary/aromatic N) is 2. The van der Waals surface area contributed by atoms with Gasteiger partial charge in [0.15, 0.2) is 9.84 Å². The van der Waals surface area contributed by atoms with Gasteiger partial charge in [-0.05, 0) is 71.7 Å². The highest BCUT2D eigenvalue weighted by Crippen LogP contribution is 2.37. The van der Waals surface area contributed by atoms with Gasteiger partial charge in [0, 0.05) is 18.8 Å². The maximum atomic E-state index is 12.5. The number of hydrogen-bond acceptors (Lipinski definition) is 6. The lowest BCUT2D eigenvalue weighted by Gasteiger charge is -2.37. The van der Waals surface area contributed by atoms with E-state index >= 15 is 0 Å². The van der Waals surface area contributed by atoms with Crippen molar-refractivity contribution in [1.29, 1.82) is 5.26 Å². The van der Waals surface area contributed by atoms with Crippen LogP contribution in [0.25, 0.3) is 16.8 Å². The number of aliphatic hydroxyl groups is 2. The molecular formula is C27H34N2O4S. The second-order valence-electron chi connectivity index (χ2n) is 9.75. The van der Waals surface area contributed by atoms with Crippen LogP contribution in [0.1, 0.15) is 50.5 Å². The van der Waals surface area contributed by atoms with Crippen LogP contribution in [0.4, 0.5) is 5.69 Å². The average molecular weight is 483 g/mol. The molecule has 2 atom stereocenters. The summed E-state index contributed by atoms with van der Waals surface area (Å²) >= 11 is 0. The molecule has 1 aliphatic carbocycles. The third-order valence-electron chi connectivity index (χ3n) is 7.41. The van der Waals surface area contributed by atoms with E-state index in [1.807, 2.05) is 18.2 Å². The van der Waals surface area contributed by atoms with Crippen LogP contribution in [0, 0.1) is 23.2 Å². The van der Waals surface area contributed by atoms with Crippen molar-refractivity contribution in [3.63, 3.8) is 0 Å². The third-order valence-corrected chi connectivity index (χ3v) is 9.06. The first-order chi connectivity index (χ1) is 16.4. The Morgan fingerprint density at radius 3 is 2.53 bits per heavy atom. The van der Waals surface area contributed by atoms with Gasteiger partial charge in [-0.15, -0.1) is 0 Å². The van der Waals surface area contributed by atoms with Crippen molar-refractivity contribution < 1.29 is 18.6 Å². The molecule has 2 N–H and O–H groups in total. The molecule has 1 heterocycles. The lowest BCUT2D eigenvalue weighted by molar-refractivity contribution is 0.0929. The highest BCUT2D eigenvalue weighted by atomic mass is 32.2. The van der Waals surface area contributed by atoms with Gasteiger partial charge in [0.2, 0.25) is 0 Å². The molecule has 0 radical (unpaired) electrons. The smallest absolute Gasteiger partial charge is 0.188 e. The van der Waals surface area contributed by atoms with Crippen LogP contribution in [0.5, 0.6) is 0 Å². The normalized spacial score (nSPS) is 21.0. The molecule has 2 aromatic rings. The van der Waals surface area contributed by atoms with Crippen LogP contribution < -0.4 is 4.90 Å². The molecule has 0 bridgehead atoms. The largest absolute Gasteiger partial charge is 0.394 e. The standard InChI is InChI=1S/C27H34N2O4S/c28-17-27(34(32,33)13-11-26(31)19-30)15-20-7-8-23-16-25(10-9-22(23)14-20)29-12-3-6-24(18-29)21-4-1-2-5-21/h7-10,14-16,21,24,26,30-31H,1-6,11-13,18-19H2/b27-15+. The second-order valence-corrected chi connectivity index (χ2v) is 11.8. The number of allylic oxidation sites excluding steroid dienone is 1. The van der Waals surface area contributed by atoms with E-state index in [4.69, 9.17) is 5.11 Å². The van der Waals surface area contributed by atoms with Gasteiger partial charge in [0.25, 0.3) is 0 Å². The minimum atomic E-state index is -3.84. The maximum Gasteiger partial charge on any atom is 0.188 e. The van der Waals surface area contributed by atoms with E-state index in [2.05, 4.69) is 23.1 Å². The van der Waals surface area contributed by atoms with Gasteiger partial charge in [-0.2, -0.15) is 5.26 Å². The zero-order valence-electron chi connectivity index (χ0n) is 19.6. The topological polar surface area (TPSA) is 102 Å². The third kappa shape index (κ3) is 5.80. The summed E-state index contributed by atoms with van der Waals surface area (Å²) in [5, 5.41) is 29.9. The van der Waals surface area contributed by atoms with E-state index in [0.29, 0.717) is 5.56 Å². The van der Waals surface area contributed by atoms with Crippen molar-refractivity contribution in [1.82, 2.24) is 0 Å². The maximum absolute atomic E-state index is 12.5. The van der Waals surface area contributed by atoms with Gasteiger partial charge in [-0.3, -0.25) is 0 Å². The number of fused-ring (bicyclic) bond motifs is 1. The van der Waals surface area contributed by atoms with E-state index in [9.17, 15) is 18.8 Å². The molecule has 1 aliphatic heterocycles. The molecule has 7 heteroatoms. The van der Waals surface area contributed by atoms with Crippen molar-refractivity contribution in [2.24, 2.45) is 11.8 Å². The van der Waals surface area contributed by atoms with Gasteiger partial charge in [0.1, 0.15) is 11.0 Å². The first-order valence-electron chi connectivity index (χ1n) is 12.3. The summed E-state index contributed by atoms with van der Waals surface area (Å²) in [7, 11) is -3.84. The van der Waals surface area contributed by atoms with E-state index < -0.39 is 22.5 Å². The second kappa shape index (κ2) is 10.9. The summed E-state index contributed by atoms with van der Waals surface area (Å²) in [6.07, 6.45) is 8.27. The average Bonchev–Trinajstić information content (AvgIpc) is 3.40. The first-order valence-corrected chi connectivity index (χ1v) is 14.0. The van der Waals surface area contributed by atoms with Gasteiger partial charge >= 0.3 is 0 Å². The molecule has 1 saturated carbocycles. The number of rotatable bonds is 8. The first kappa shape index (κ1) is 24.7. The van der Waals surface area contributed by atoms with Crippen LogP contribution >= 0.6 is 0 Å². The number of nitriles is 1. The SMILES string of the molecule is N#C/C(=C\c1ccc2cc(N3CCCC(C4CCCC4)C3)ccc2c1)S(=O)(=O)CCC(O)CO. The van der Waals surface area contributed by atoms with Gasteiger partial charge < -0.3 is 15.1 Å². The van der Waals surface area contributed by atoms with Gasteiger partial charge in [-0.25, -0.2) is 8.42 Å². The van der Waals surface area contributed by atoms with E-state index in [1.165, 1.54) is 50.3 Å². The van der Waals surface area contributed by atoms with Crippen molar-refractivity contribution in [2.45, 2.75) is 51.0 Å². The highest BCUT2D eigenvalue weighted by molar-refractivity contribution is 7.95. The molecule has 4 rings (SSSR count). The predicted octanol–water partition coefficient (Wildman–Crippen LogP) is 4.27. The lowest BCUT2D eigenvalue weighted by Crippen LogP contribution is -2.37. The quantitative estimate of drug-likeness (QED) is 0.545. The molecule has 1 saturated heterocycles. The number of piperidine rings is 1. The molecule has 2 aliphatic rings. The van der Waals surface area contributed by atoms with E-state index in [-0.39, 0.29) is 17.1 Å². The van der Waals surface area contributed by atoms with Crippen molar-refractivity contribution in [3.8, 4) is 6.07 Å². The summed E-state index contributed by atoms with van der Waals surface area (Å²) in [5.74, 6) is 1.29. The van der Waals surface area contributed by atoms with Crippen molar-refractivity contribution >= 4 is 32.4 Å². The summed E-state index contributed by atoms with van der Waals surface area (Å²) < 4.78 is 25.0. The number of hydrogen-bond donors (Lipinski definition) is 2. The summed E-state index contributed by atoms with van der Waals surface area (Å²) in [5.41, 5.74) is 1.88. The van der Waals surface area contributed by atoms with E-state index in [1.54, 1.807) is 6.07 Å². The Hall–Kier alpha value is -2.40. The summed E-state index contributed by atoms with van der Waals surface area (Å²) in [4.78, 5) is 2.18. The van der Waals surface area contributed by atoms with Gasteiger partial charge in [-0.1, -0.05) is 43.9 Å². The summed E-state index contributed by atoms with van der Waals surface area (Å²) in [6.45, 7) is 1.71. The zero-order chi connectivity index (χ0) is 24.1. The number of benzene rings is 2. The fraction of sp³-hybridized carbons (Fsp3) is 0.519. The molecule has 0 spiro atoms.